The summed E-state index contributed by atoms with van der Waals surface area (Å²) in [5.41, 5.74) is 3.68. The third-order valence-electron chi connectivity index (χ3n) is 3.31. The van der Waals surface area contributed by atoms with Crippen LogP contribution in [0.3, 0.4) is 0 Å². The van der Waals surface area contributed by atoms with Crippen LogP contribution in [0.25, 0.3) is 0 Å². The van der Waals surface area contributed by atoms with Gasteiger partial charge in [-0.05, 0) is 36.2 Å². The van der Waals surface area contributed by atoms with Gasteiger partial charge in [-0.2, -0.15) is 0 Å². The highest BCUT2D eigenvalue weighted by Gasteiger charge is 2.12. The highest BCUT2D eigenvalue weighted by Crippen LogP contribution is 2.24. The summed E-state index contributed by atoms with van der Waals surface area (Å²) < 4.78 is 5.23. The van der Waals surface area contributed by atoms with Crippen molar-refractivity contribution in [2.45, 2.75) is 19.4 Å². The van der Waals surface area contributed by atoms with E-state index in [0.717, 1.165) is 17.7 Å². The summed E-state index contributed by atoms with van der Waals surface area (Å²) in [5, 5.41) is 3.33. The molecule has 3 heteroatoms. The van der Waals surface area contributed by atoms with Gasteiger partial charge in [-0.1, -0.05) is 31.2 Å². The third-order valence-corrected chi connectivity index (χ3v) is 3.31. The van der Waals surface area contributed by atoms with Crippen molar-refractivity contribution in [2.75, 3.05) is 14.2 Å². The summed E-state index contributed by atoms with van der Waals surface area (Å²) in [4.78, 5) is 4.22. The van der Waals surface area contributed by atoms with Gasteiger partial charge in [0.2, 0.25) is 0 Å². The Morgan fingerprint density at radius 2 is 1.89 bits per heavy atom. The summed E-state index contributed by atoms with van der Waals surface area (Å²) in [7, 11) is 3.61. The fourth-order valence-corrected chi connectivity index (χ4v) is 2.18. The Bertz CT molecular complexity index is 523. The molecule has 100 valence electrons. The SMILES string of the molecule is CCc1ccc(C(NC)c2cncc(OC)c2)cc1. The van der Waals surface area contributed by atoms with Crippen molar-refractivity contribution >= 4 is 0 Å². The molecule has 1 N–H and O–H groups in total. The van der Waals surface area contributed by atoms with Crippen LogP contribution >= 0.6 is 0 Å². The van der Waals surface area contributed by atoms with Crippen LogP contribution in [0.4, 0.5) is 0 Å². The lowest BCUT2D eigenvalue weighted by atomic mass is 9.98. The van der Waals surface area contributed by atoms with Crippen LogP contribution in [0.15, 0.2) is 42.7 Å². The fourth-order valence-electron chi connectivity index (χ4n) is 2.18. The van der Waals surface area contributed by atoms with Crippen LogP contribution in [0.1, 0.15) is 29.7 Å². The number of nitrogens with zero attached hydrogens (tertiary/aromatic N) is 1. The van der Waals surface area contributed by atoms with E-state index in [-0.39, 0.29) is 6.04 Å². The van der Waals surface area contributed by atoms with E-state index in [9.17, 15) is 0 Å². The maximum absolute atomic E-state index is 5.23. The van der Waals surface area contributed by atoms with E-state index >= 15 is 0 Å². The lowest BCUT2D eigenvalue weighted by Crippen LogP contribution is -2.17. The normalized spacial score (nSPS) is 12.2. The second-order valence-electron chi connectivity index (χ2n) is 4.47. The Morgan fingerprint density at radius 1 is 1.16 bits per heavy atom. The molecule has 1 atom stereocenters. The smallest absolute Gasteiger partial charge is 0.137 e. The molecule has 1 heterocycles. The minimum absolute atomic E-state index is 0.133. The van der Waals surface area contributed by atoms with Gasteiger partial charge in [0.1, 0.15) is 5.75 Å². The quantitative estimate of drug-likeness (QED) is 0.893. The third kappa shape index (κ3) is 3.12. The molecule has 0 aliphatic heterocycles. The molecule has 0 aliphatic carbocycles. The second kappa shape index (κ2) is 6.34. The van der Waals surface area contributed by atoms with Crippen molar-refractivity contribution in [3.05, 3.63) is 59.4 Å². The average molecular weight is 256 g/mol. The lowest BCUT2D eigenvalue weighted by Gasteiger charge is -2.17. The molecule has 0 amide bonds. The number of rotatable bonds is 5. The Balaban J connectivity index is 2.31. The number of hydrogen-bond acceptors (Lipinski definition) is 3. The van der Waals surface area contributed by atoms with Gasteiger partial charge in [0.15, 0.2) is 0 Å². The number of methoxy groups -OCH3 is 1. The summed E-state index contributed by atoms with van der Waals surface area (Å²) in [6.07, 6.45) is 4.65. The number of ether oxygens (including phenoxy) is 1. The van der Waals surface area contributed by atoms with Gasteiger partial charge in [-0.3, -0.25) is 4.98 Å². The standard InChI is InChI=1S/C16H20N2O/c1-4-12-5-7-13(8-6-12)16(17-2)14-9-15(19-3)11-18-10-14/h5-11,16-17H,4H2,1-3H3. The molecule has 0 bridgehead atoms. The zero-order valence-electron chi connectivity index (χ0n) is 11.7. The van der Waals surface area contributed by atoms with Crippen molar-refractivity contribution in [1.29, 1.82) is 0 Å². The minimum Gasteiger partial charge on any atom is -0.495 e. The molecule has 19 heavy (non-hydrogen) atoms. The van der Waals surface area contributed by atoms with Gasteiger partial charge in [-0.15, -0.1) is 0 Å². The monoisotopic (exact) mass is 256 g/mol. The first kappa shape index (κ1) is 13.6. The predicted molar refractivity (Wildman–Crippen MR) is 77.5 cm³/mol. The van der Waals surface area contributed by atoms with Crippen LogP contribution in [-0.2, 0) is 6.42 Å². The summed E-state index contributed by atoms with van der Waals surface area (Å²) in [6.45, 7) is 2.16. The first-order chi connectivity index (χ1) is 9.28. The predicted octanol–water partition coefficient (Wildman–Crippen LogP) is 2.96. The minimum atomic E-state index is 0.133. The largest absolute Gasteiger partial charge is 0.495 e. The zero-order chi connectivity index (χ0) is 13.7. The number of hydrogen-bond donors (Lipinski definition) is 1. The lowest BCUT2D eigenvalue weighted by molar-refractivity contribution is 0.411. The van der Waals surface area contributed by atoms with Crippen LogP contribution in [0.2, 0.25) is 0 Å². The van der Waals surface area contributed by atoms with Crippen molar-refractivity contribution in [3.8, 4) is 5.75 Å². The molecule has 2 rings (SSSR count). The summed E-state index contributed by atoms with van der Waals surface area (Å²) in [6, 6.07) is 10.8. The molecule has 0 fully saturated rings. The van der Waals surface area contributed by atoms with Crippen molar-refractivity contribution in [3.63, 3.8) is 0 Å². The van der Waals surface area contributed by atoms with Crippen molar-refractivity contribution in [1.82, 2.24) is 10.3 Å². The molecule has 0 saturated carbocycles. The Kier molecular flexibility index (Phi) is 4.53. The number of aromatic nitrogens is 1. The molecule has 1 aromatic heterocycles. The van der Waals surface area contributed by atoms with E-state index in [0.29, 0.717) is 0 Å². The van der Waals surface area contributed by atoms with Crippen LogP contribution < -0.4 is 10.1 Å². The molecule has 1 unspecified atom stereocenters. The molecule has 0 spiro atoms. The average Bonchev–Trinajstić information content (AvgIpc) is 2.49. The Labute approximate surface area is 114 Å². The molecule has 0 radical (unpaired) electrons. The molecule has 2 aromatic rings. The highest BCUT2D eigenvalue weighted by molar-refractivity contribution is 5.35. The first-order valence-corrected chi connectivity index (χ1v) is 6.53. The summed E-state index contributed by atoms with van der Waals surface area (Å²) in [5.74, 6) is 0.780. The van der Waals surface area contributed by atoms with Gasteiger partial charge in [-0.25, -0.2) is 0 Å². The first-order valence-electron chi connectivity index (χ1n) is 6.53. The number of aryl methyl sites for hydroxylation is 1. The van der Waals surface area contributed by atoms with Crippen LogP contribution in [0, 0.1) is 0 Å². The van der Waals surface area contributed by atoms with Crippen molar-refractivity contribution in [2.24, 2.45) is 0 Å². The fraction of sp³-hybridized carbons (Fsp3) is 0.312. The molecular formula is C16H20N2O. The topological polar surface area (TPSA) is 34.2 Å². The molecule has 0 aliphatic rings. The Hall–Kier alpha value is -1.87. The van der Waals surface area contributed by atoms with Gasteiger partial charge in [0.25, 0.3) is 0 Å². The van der Waals surface area contributed by atoms with Crippen LogP contribution in [0.5, 0.6) is 5.75 Å². The van der Waals surface area contributed by atoms with Crippen molar-refractivity contribution < 1.29 is 4.74 Å². The summed E-state index contributed by atoms with van der Waals surface area (Å²) >= 11 is 0. The molecule has 1 aromatic carbocycles. The van der Waals surface area contributed by atoms with E-state index in [1.54, 1.807) is 13.3 Å². The maximum atomic E-state index is 5.23. The highest BCUT2D eigenvalue weighted by atomic mass is 16.5. The van der Waals surface area contributed by atoms with Gasteiger partial charge in [0.05, 0.1) is 19.3 Å². The van der Waals surface area contributed by atoms with Gasteiger partial charge < -0.3 is 10.1 Å². The second-order valence-corrected chi connectivity index (χ2v) is 4.47. The van der Waals surface area contributed by atoms with E-state index < -0.39 is 0 Å². The van der Waals surface area contributed by atoms with Gasteiger partial charge in [0, 0.05) is 6.20 Å². The molecule has 0 saturated heterocycles. The van der Waals surface area contributed by atoms with Crippen LogP contribution in [-0.4, -0.2) is 19.1 Å². The van der Waals surface area contributed by atoms with E-state index in [4.69, 9.17) is 4.74 Å². The maximum Gasteiger partial charge on any atom is 0.137 e. The molecule has 3 nitrogen and oxygen atoms in total. The Morgan fingerprint density at radius 3 is 2.47 bits per heavy atom. The van der Waals surface area contributed by atoms with E-state index in [1.165, 1.54) is 11.1 Å². The van der Waals surface area contributed by atoms with E-state index in [1.807, 2.05) is 19.3 Å². The number of nitrogens with one attached hydrogen (secondary N) is 1. The van der Waals surface area contributed by atoms with Gasteiger partial charge >= 0.3 is 0 Å². The molecular weight excluding hydrogens is 236 g/mol. The zero-order valence-corrected chi connectivity index (χ0v) is 11.7. The van der Waals surface area contributed by atoms with E-state index in [2.05, 4.69) is 41.5 Å². The number of pyridine rings is 1. The number of benzene rings is 1.